The van der Waals surface area contributed by atoms with Gasteiger partial charge in [-0.2, -0.15) is 0 Å². The number of nitrogens with one attached hydrogen (secondary N) is 1. The molecule has 3 aromatic carbocycles. The molecule has 12 nitrogen and oxygen atoms in total. The Bertz CT molecular complexity index is 2370. The molecule has 9 rings (SSSR count). The molecular weight excluding hydrogens is 861 g/mol. The molecule has 12 heteroatoms. The maximum absolute atomic E-state index is 14.7. The molecule has 1 unspecified atom stereocenters. The van der Waals surface area contributed by atoms with Crippen molar-refractivity contribution >= 4 is 29.8 Å². The summed E-state index contributed by atoms with van der Waals surface area (Å²) in [6.45, 7) is 12.3. The van der Waals surface area contributed by atoms with E-state index in [1.54, 1.807) is 43.9 Å². The zero-order valence-corrected chi connectivity index (χ0v) is 40.4. The molecule has 6 aliphatic rings. The first-order valence-electron chi connectivity index (χ1n) is 24.8. The van der Waals surface area contributed by atoms with Crippen molar-refractivity contribution in [3.8, 4) is 0 Å². The van der Waals surface area contributed by atoms with Crippen LogP contribution in [0.4, 0.5) is 0 Å². The van der Waals surface area contributed by atoms with Crippen molar-refractivity contribution in [2.24, 2.45) is 17.3 Å². The molecule has 2 amide bonds. The standard InChI is InChI=1S/C56H68N2O10/c1-53(2,3)67-48(60)26-24-41(34-59)57-50(61)44-18-13-29-58(44)51(62)38-31-45(49-46(32-38)65-56(68-49,39-14-9-7-10-15-39)40-16-11-8-12-17-40)64-52(63)36-21-19-35(20-22-36)30-37-23-25-47-55(6,66-47)28-27-43-42(37)33-54(43,4)5/h7-12,14-17,19-22,30,32,41-47,49,59H,13,18,23-29,31,33-34H2,1-6H3,(H,57,61)/t41-,42+,43+,44+,45+,46+,47?,49-,55+/m0/s1. The molecule has 2 N–H and O–H groups in total. The van der Waals surface area contributed by atoms with Gasteiger partial charge in [0.1, 0.15) is 30.0 Å². The highest BCUT2D eigenvalue weighted by Gasteiger charge is 2.57. The highest BCUT2D eigenvalue weighted by atomic mass is 16.8. The van der Waals surface area contributed by atoms with E-state index in [-0.39, 0.29) is 37.4 Å². The van der Waals surface area contributed by atoms with Crippen LogP contribution in [-0.2, 0) is 43.9 Å². The summed E-state index contributed by atoms with van der Waals surface area (Å²) in [6, 6.07) is 25.3. The monoisotopic (exact) mass is 928 g/mol. The van der Waals surface area contributed by atoms with E-state index >= 15 is 0 Å². The second-order valence-electron chi connectivity index (χ2n) is 21.8. The number of ether oxygens (including phenoxy) is 5. The molecule has 68 heavy (non-hydrogen) atoms. The second kappa shape index (κ2) is 19.0. The second-order valence-corrected chi connectivity index (χ2v) is 21.8. The number of amides is 2. The Morgan fingerprint density at radius 3 is 2.24 bits per heavy atom. The van der Waals surface area contributed by atoms with E-state index in [1.165, 1.54) is 18.4 Å². The van der Waals surface area contributed by atoms with E-state index in [4.69, 9.17) is 23.7 Å². The Labute approximate surface area is 400 Å². The summed E-state index contributed by atoms with van der Waals surface area (Å²) in [6.07, 6.45) is 8.59. The highest BCUT2D eigenvalue weighted by molar-refractivity contribution is 5.98. The van der Waals surface area contributed by atoms with E-state index in [1.807, 2.05) is 72.8 Å². The topological polar surface area (TPSA) is 153 Å². The normalized spacial score (nSPS) is 30.2. The molecule has 0 aromatic heterocycles. The molecule has 3 heterocycles. The molecule has 0 radical (unpaired) electrons. The number of esters is 2. The maximum Gasteiger partial charge on any atom is 0.338 e. The Morgan fingerprint density at radius 2 is 1.59 bits per heavy atom. The Morgan fingerprint density at radius 1 is 0.897 bits per heavy atom. The van der Waals surface area contributed by atoms with Crippen LogP contribution in [0.5, 0.6) is 0 Å². The van der Waals surface area contributed by atoms with Crippen molar-refractivity contribution in [2.45, 2.75) is 159 Å². The van der Waals surface area contributed by atoms with Gasteiger partial charge in [-0.15, -0.1) is 0 Å². The minimum atomic E-state index is -1.38. The Kier molecular flexibility index (Phi) is 13.4. The van der Waals surface area contributed by atoms with Gasteiger partial charge < -0.3 is 39.0 Å². The fourth-order valence-electron chi connectivity index (χ4n) is 11.6. The minimum Gasteiger partial charge on any atom is -0.460 e. The molecule has 0 spiro atoms. The van der Waals surface area contributed by atoms with Crippen molar-refractivity contribution in [3.63, 3.8) is 0 Å². The van der Waals surface area contributed by atoms with Crippen LogP contribution in [0.1, 0.15) is 133 Å². The van der Waals surface area contributed by atoms with E-state index in [0.717, 1.165) is 36.0 Å². The van der Waals surface area contributed by atoms with Gasteiger partial charge in [-0.05, 0) is 120 Å². The molecule has 3 aliphatic carbocycles. The summed E-state index contributed by atoms with van der Waals surface area (Å²) in [7, 11) is 0. The first-order chi connectivity index (χ1) is 32.4. The summed E-state index contributed by atoms with van der Waals surface area (Å²) < 4.78 is 31.9. The lowest BCUT2D eigenvalue weighted by Crippen LogP contribution is -2.51. The number of benzene rings is 3. The number of rotatable bonds is 12. The molecule has 362 valence electrons. The van der Waals surface area contributed by atoms with Gasteiger partial charge in [-0.3, -0.25) is 14.4 Å². The third-order valence-electron chi connectivity index (χ3n) is 15.3. The van der Waals surface area contributed by atoms with E-state index in [9.17, 15) is 24.3 Å². The summed E-state index contributed by atoms with van der Waals surface area (Å²) >= 11 is 0. The zero-order valence-electron chi connectivity index (χ0n) is 40.4. The van der Waals surface area contributed by atoms with Gasteiger partial charge in [0.2, 0.25) is 17.6 Å². The van der Waals surface area contributed by atoms with Gasteiger partial charge >= 0.3 is 11.9 Å². The Balaban J connectivity index is 0.950. The quantitative estimate of drug-likeness (QED) is 0.133. The number of hydrogen-bond donors (Lipinski definition) is 2. The molecule has 3 aliphatic heterocycles. The Hall–Kier alpha value is -5.14. The zero-order chi connectivity index (χ0) is 48.0. The highest BCUT2D eigenvalue weighted by Crippen LogP contribution is 2.60. The number of carbonyl (C=O) groups is 4. The lowest BCUT2D eigenvalue weighted by Gasteiger charge is -2.53. The van der Waals surface area contributed by atoms with Crippen LogP contribution in [0.15, 0.2) is 102 Å². The molecule has 5 fully saturated rings. The average Bonchev–Trinajstić information content (AvgIpc) is 3.60. The lowest BCUT2D eigenvalue weighted by molar-refractivity contribution is -0.157. The molecule has 9 atom stereocenters. The summed E-state index contributed by atoms with van der Waals surface area (Å²) in [5, 5.41) is 13.0. The molecule has 0 bridgehead atoms. The van der Waals surface area contributed by atoms with Crippen molar-refractivity contribution in [1.82, 2.24) is 10.2 Å². The lowest BCUT2D eigenvalue weighted by atomic mass is 9.52. The third-order valence-corrected chi connectivity index (χ3v) is 15.3. The number of hydrogen-bond acceptors (Lipinski definition) is 10. The van der Waals surface area contributed by atoms with Gasteiger partial charge in [0, 0.05) is 36.1 Å². The van der Waals surface area contributed by atoms with Gasteiger partial charge in [0.25, 0.3) is 0 Å². The van der Waals surface area contributed by atoms with E-state index < -0.39 is 59.6 Å². The maximum atomic E-state index is 14.7. The number of carbonyl (C=O) groups excluding carboxylic acids is 4. The summed E-state index contributed by atoms with van der Waals surface area (Å²) in [5.74, 6) is -1.97. The van der Waals surface area contributed by atoms with Gasteiger partial charge in [-0.25, -0.2) is 4.79 Å². The number of likely N-dealkylation sites (tertiary alicyclic amines) is 1. The van der Waals surface area contributed by atoms with Crippen molar-refractivity contribution in [1.29, 1.82) is 0 Å². The molecule has 3 aromatic rings. The first-order valence-corrected chi connectivity index (χ1v) is 24.8. The number of epoxide rings is 1. The van der Waals surface area contributed by atoms with E-state index in [2.05, 4.69) is 32.2 Å². The van der Waals surface area contributed by atoms with Crippen LogP contribution >= 0.6 is 0 Å². The van der Waals surface area contributed by atoms with Crippen LogP contribution in [0.2, 0.25) is 0 Å². The number of nitrogens with zero attached hydrogens (tertiary/aromatic N) is 1. The van der Waals surface area contributed by atoms with Gasteiger partial charge in [0.15, 0.2) is 0 Å². The van der Waals surface area contributed by atoms with Gasteiger partial charge in [-0.1, -0.05) is 98.3 Å². The summed E-state index contributed by atoms with van der Waals surface area (Å²) in [4.78, 5) is 56.8. The number of aliphatic hydroxyl groups is 1. The fraction of sp³-hybridized carbons (Fsp3) is 0.536. The van der Waals surface area contributed by atoms with Crippen LogP contribution in [0.3, 0.4) is 0 Å². The summed E-state index contributed by atoms with van der Waals surface area (Å²) in [5.41, 5.74) is 4.37. The number of aliphatic hydroxyl groups excluding tert-OH is 1. The SMILES string of the molecule is CC(C)(C)OC(=O)CC[C@@H](CO)NC(=O)[C@H]1CCCN1C(=O)C1=C[C@H]2OC(c3ccccc3)(c3ccccc3)O[C@H]2[C@H](OC(=O)c2ccc(C=C3CCC4O[C@]4(C)CC[C@@H]4[C@@H]3CC4(C)C)cc2)C1. The van der Waals surface area contributed by atoms with Crippen molar-refractivity contribution in [2.75, 3.05) is 13.2 Å². The van der Waals surface area contributed by atoms with Crippen molar-refractivity contribution in [3.05, 3.63) is 124 Å². The van der Waals surface area contributed by atoms with Crippen LogP contribution in [-0.4, -0.2) is 94.6 Å². The smallest absolute Gasteiger partial charge is 0.338 e. The largest absolute Gasteiger partial charge is 0.460 e. The predicted octanol–water partition coefficient (Wildman–Crippen LogP) is 8.59. The van der Waals surface area contributed by atoms with E-state index in [0.29, 0.717) is 53.9 Å². The number of allylic oxidation sites excluding steroid dienone is 1. The predicted molar refractivity (Wildman–Crippen MR) is 256 cm³/mol. The first kappa shape index (κ1) is 47.9. The minimum absolute atomic E-state index is 0.0127. The van der Waals surface area contributed by atoms with Crippen molar-refractivity contribution < 1.29 is 48.0 Å². The molecule has 2 saturated carbocycles. The van der Waals surface area contributed by atoms with Crippen LogP contribution in [0.25, 0.3) is 6.08 Å². The van der Waals surface area contributed by atoms with Crippen LogP contribution in [0, 0.1) is 17.3 Å². The third kappa shape index (κ3) is 9.97. The van der Waals surface area contributed by atoms with Crippen LogP contribution < -0.4 is 5.32 Å². The molecular formula is C56H68N2O10. The molecule has 3 saturated heterocycles. The average molecular weight is 929 g/mol. The fourth-order valence-corrected chi connectivity index (χ4v) is 11.6. The number of fused-ring (bicyclic) bond motifs is 3. The van der Waals surface area contributed by atoms with Gasteiger partial charge in [0.05, 0.1) is 29.9 Å².